The van der Waals surface area contributed by atoms with Crippen LogP contribution in [0.5, 0.6) is 0 Å². The average molecular weight is 191 g/mol. The molecule has 2 rings (SSSR count). The highest BCUT2D eigenvalue weighted by molar-refractivity contribution is 5.35. The summed E-state index contributed by atoms with van der Waals surface area (Å²) in [5, 5.41) is 8.93. The molecule has 3 heteroatoms. The Bertz CT molecular complexity index is 340. The van der Waals surface area contributed by atoms with Crippen LogP contribution in [0.4, 0.5) is 0 Å². The van der Waals surface area contributed by atoms with E-state index in [4.69, 9.17) is 14.7 Å². The van der Waals surface area contributed by atoms with Crippen molar-refractivity contribution in [2.75, 3.05) is 14.2 Å². The van der Waals surface area contributed by atoms with Gasteiger partial charge < -0.3 is 9.47 Å². The minimum absolute atomic E-state index is 0.0246. The molecular weight excluding hydrogens is 178 g/mol. The molecule has 0 unspecified atom stereocenters. The minimum atomic E-state index is -0.392. The SMILES string of the molecule is COC1=C[C@H]2C[C@@H](C#N)[C@]2(OC)C=C1. The fraction of sp³-hybridized carbons (Fsp3) is 0.545. The van der Waals surface area contributed by atoms with Crippen LogP contribution >= 0.6 is 0 Å². The van der Waals surface area contributed by atoms with E-state index in [0.29, 0.717) is 0 Å². The lowest BCUT2D eigenvalue weighted by Gasteiger charge is -2.50. The van der Waals surface area contributed by atoms with Gasteiger partial charge in [0.1, 0.15) is 11.4 Å². The van der Waals surface area contributed by atoms with Crippen LogP contribution in [0.1, 0.15) is 6.42 Å². The molecule has 0 aromatic heterocycles. The molecule has 0 spiro atoms. The van der Waals surface area contributed by atoms with E-state index >= 15 is 0 Å². The molecule has 3 atom stereocenters. The molecule has 0 amide bonds. The molecule has 14 heavy (non-hydrogen) atoms. The van der Waals surface area contributed by atoms with Crippen molar-refractivity contribution in [3.05, 3.63) is 24.0 Å². The van der Waals surface area contributed by atoms with Gasteiger partial charge in [0.05, 0.1) is 19.1 Å². The highest BCUT2D eigenvalue weighted by Gasteiger charge is 2.54. The fourth-order valence-electron chi connectivity index (χ4n) is 2.28. The third-order valence-electron chi connectivity index (χ3n) is 3.23. The van der Waals surface area contributed by atoms with Crippen molar-refractivity contribution in [1.29, 1.82) is 5.26 Å². The van der Waals surface area contributed by atoms with E-state index in [1.807, 2.05) is 18.2 Å². The van der Waals surface area contributed by atoms with E-state index in [9.17, 15) is 0 Å². The lowest BCUT2D eigenvalue weighted by Crippen LogP contribution is -2.55. The van der Waals surface area contributed by atoms with Gasteiger partial charge >= 0.3 is 0 Å². The highest BCUT2D eigenvalue weighted by atomic mass is 16.5. The fourth-order valence-corrected chi connectivity index (χ4v) is 2.28. The van der Waals surface area contributed by atoms with Crippen LogP contribution in [-0.2, 0) is 9.47 Å². The molecule has 0 bridgehead atoms. The first-order chi connectivity index (χ1) is 6.76. The number of nitrogens with zero attached hydrogens (tertiary/aromatic N) is 1. The van der Waals surface area contributed by atoms with Crippen molar-refractivity contribution in [1.82, 2.24) is 0 Å². The maximum absolute atomic E-state index is 8.93. The number of hydrogen-bond donors (Lipinski definition) is 0. The van der Waals surface area contributed by atoms with Crippen molar-refractivity contribution in [2.45, 2.75) is 12.0 Å². The summed E-state index contributed by atoms with van der Waals surface area (Å²) in [6, 6.07) is 2.28. The molecule has 0 aromatic carbocycles. The number of hydrogen-bond acceptors (Lipinski definition) is 3. The summed E-state index contributed by atoms with van der Waals surface area (Å²) in [5.41, 5.74) is -0.392. The molecular formula is C11H13NO2. The quantitative estimate of drug-likeness (QED) is 0.666. The predicted molar refractivity (Wildman–Crippen MR) is 51.2 cm³/mol. The Kier molecular flexibility index (Phi) is 2.09. The van der Waals surface area contributed by atoms with Crippen molar-refractivity contribution in [3.8, 4) is 6.07 Å². The lowest BCUT2D eigenvalue weighted by molar-refractivity contribution is -0.101. The molecule has 3 nitrogen and oxygen atoms in total. The Morgan fingerprint density at radius 3 is 2.86 bits per heavy atom. The summed E-state index contributed by atoms with van der Waals surface area (Å²) in [4.78, 5) is 0. The van der Waals surface area contributed by atoms with Crippen molar-refractivity contribution in [3.63, 3.8) is 0 Å². The maximum Gasteiger partial charge on any atom is 0.115 e. The number of methoxy groups -OCH3 is 2. The molecule has 1 saturated carbocycles. The number of ether oxygens (including phenoxy) is 2. The first-order valence-corrected chi connectivity index (χ1v) is 4.66. The van der Waals surface area contributed by atoms with Gasteiger partial charge in [-0.3, -0.25) is 0 Å². The normalized spacial score (nSPS) is 39.1. The monoisotopic (exact) mass is 191 g/mol. The van der Waals surface area contributed by atoms with Crippen LogP contribution < -0.4 is 0 Å². The Hall–Kier alpha value is -1.27. The van der Waals surface area contributed by atoms with E-state index in [1.165, 1.54) is 0 Å². The second-order valence-electron chi connectivity index (χ2n) is 3.69. The van der Waals surface area contributed by atoms with Gasteiger partial charge in [0.25, 0.3) is 0 Å². The zero-order valence-corrected chi connectivity index (χ0v) is 8.36. The van der Waals surface area contributed by atoms with Crippen LogP contribution in [0, 0.1) is 23.2 Å². The van der Waals surface area contributed by atoms with Gasteiger partial charge in [-0.25, -0.2) is 0 Å². The molecule has 2 aliphatic rings. The summed E-state index contributed by atoms with van der Waals surface area (Å²) >= 11 is 0. The number of rotatable bonds is 2. The van der Waals surface area contributed by atoms with E-state index in [0.717, 1.165) is 12.2 Å². The number of allylic oxidation sites excluding steroid dienone is 1. The van der Waals surface area contributed by atoms with Crippen LogP contribution in [-0.4, -0.2) is 19.8 Å². The van der Waals surface area contributed by atoms with Gasteiger partial charge in [-0.1, -0.05) is 0 Å². The van der Waals surface area contributed by atoms with Gasteiger partial charge in [-0.15, -0.1) is 0 Å². The highest BCUT2D eigenvalue weighted by Crippen LogP contribution is 2.50. The van der Waals surface area contributed by atoms with E-state index in [2.05, 4.69) is 6.07 Å². The molecule has 0 heterocycles. The Labute approximate surface area is 83.6 Å². The summed E-state index contributed by atoms with van der Waals surface area (Å²) < 4.78 is 10.6. The second-order valence-corrected chi connectivity index (χ2v) is 3.69. The van der Waals surface area contributed by atoms with Crippen molar-refractivity contribution >= 4 is 0 Å². The summed E-state index contributed by atoms with van der Waals surface area (Å²) in [6.45, 7) is 0. The molecule has 0 radical (unpaired) electrons. The predicted octanol–water partition coefficient (Wildman–Crippen LogP) is 1.63. The third kappa shape index (κ3) is 1.01. The minimum Gasteiger partial charge on any atom is -0.497 e. The van der Waals surface area contributed by atoms with E-state index in [-0.39, 0.29) is 11.8 Å². The standard InChI is InChI=1S/C11H13NO2/c1-13-10-3-4-11(14-2)8(6-10)5-9(11)7-12/h3-4,6,8-9H,5H2,1-2H3/t8-,9+,11+/m1/s1. The van der Waals surface area contributed by atoms with Gasteiger partial charge in [0.2, 0.25) is 0 Å². The zero-order chi connectivity index (χ0) is 10.2. The molecule has 74 valence electrons. The third-order valence-corrected chi connectivity index (χ3v) is 3.23. The molecule has 1 fully saturated rings. The zero-order valence-electron chi connectivity index (χ0n) is 8.36. The van der Waals surface area contributed by atoms with Gasteiger partial charge in [-0.05, 0) is 24.6 Å². The Morgan fingerprint density at radius 2 is 2.36 bits per heavy atom. The summed E-state index contributed by atoms with van der Waals surface area (Å²) in [6.07, 6.45) is 6.73. The lowest BCUT2D eigenvalue weighted by atomic mass is 9.59. The Morgan fingerprint density at radius 1 is 1.57 bits per heavy atom. The first-order valence-electron chi connectivity index (χ1n) is 4.66. The second kappa shape index (κ2) is 3.14. The molecule has 0 saturated heterocycles. The largest absolute Gasteiger partial charge is 0.497 e. The number of nitriles is 1. The van der Waals surface area contributed by atoms with E-state index < -0.39 is 5.60 Å². The molecule has 0 aromatic rings. The molecule has 0 N–H and O–H groups in total. The first kappa shape index (κ1) is 9.29. The molecule has 0 aliphatic heterocycles. The van der Waals surface area contributed by atoms with E-state index in [1.54, 1.807) is 14.2 Å². The van der Waals surface area contributed by atoms with Crippen LogP contribution in [0.25, 0.3) is 0 Å². The summed E-state index contributed by atoms with van der Waals surface area (Å²) in [7, 11) is 3.31. The van der Waals surface area contributed by atoms with Gasteiger partial charge in [0.15, 0.2) is 0 Å². The topological polar surface area (TPSA) is 42.2 Å². The average Bonchev–Trinajstić information content (AvgIpc) is 2.20. The van der Waals surface area contributed by atoms with Gasteiger partial charge in [0, 0.05) is 13.0 Å². The van der Waals surface area contributed by atoms with Crippen molar-refractivity contribution in [2.24, 2.45) is 11.8 Å². The van der Waals surface area contributed by atoms with Crippen LogP contribution in [0.15, 0.2) is 24.0 Å². The van der Waals surface area contributed by atoms with Crippen molar-refractivity contribution < 1.29 is 9.47 Å². The van der Waals surface area contributed by atoms with Gasteiger partial charge in [-0.2, -0.15) is 5.26 Å². The van der Waals surface area contributed by atoms with Crippen LogP contribution in [0.2, 0.25) is 0 Å². The molecule has 2 aliphatic carbocycles. The Balaban J connectivity index is 2.25. The maximum atomic E-state index is 8.93. The number of fused-ring (bicyclic) bond motifs is 1. The summed E-state index contributed by atoms with van der Waals surface area (Å²) in [5.74, 6) is 1.12. The van der Waals surface area contributed by atoms with Crippen LogP contribution in [0.3, 0.4) is 0 Å². The smallest absolute Gasteiger partial charge is 0.115 e.